The Hall–Kier alpha value is -2.95. The van der Waals surface area contributed by atoms with Crippen molar-refractivity contribution in [1.82, 2.24) is 39.4 Å². The van der Waals surface area contributed by atoms with Gasteiger partial charge < -0.3 is 9.64 Å². The Morgan fingerprint density at radius 3 is 2.52 bits per heavy atom. The smallest absolute Gasteiger partial charge is 0.179 e. The zero-order valence-corrected chi connectivity index (χ0v) is 20.0. The van der Waals surface area contributed by atoms with Gasteiger partial charge in [-0.1, -0.05) is 12.1 Å². The van der Waals surface area contributed by atoms with Crippen molar-refractivity contribution in [2.45, 2.75) is 13.0 Å². The zero-order chi connectivity index (χ0) is 21.0. The second-order valence-electron chi connectivity index (χ2n) is 7.55. The highest BCUT2D eigenvalue weighted by Gasteiger charge is 2.20. The number of aryl methyl sites for hydroxylation is 1. The van der Waals surface area contributed by atoms with Gasteiger partial charge in [0, 0.05) is 44.7 Å². The van der Waals surface area contributed by atoms with Crippen LogP contribution in [0.15, 0.2) is 49.6 Å². The Morgan fingerprint density at radius 2 is 1.76 bits per heavy atom. The molecule has 0 unspecified atom stereocenters. The maximum atomic E-state index is 5.40. The lowest BCUT2D eigenvalue weighted by Gasteiger charge is -2.35. The molecule has 10 nitrogen and oxygen atoms in total. The number of fused-ring (bicyclic) bond motifs is 1. The summed E-state index contributed by atoms with van der Waals surface area (Å²) in [6, 6.07) is 6.20. The first kappa shape index (κ1) is 24.7. The molecule has 4 aromatic rings. The zero-order valence-electron chi connectivity index (χ0n) is 18.3. The monoisotopic (exact) mass is 491 g/mol. The molecule has 0 radical (unpaired) electrons. The summed E-state index contributed by atoms with van der Waals surface area (Å²) in [6.45, 7) is 5.75. The third-order valence-electron chi connectivity index (χ3n) is 5.73. The molecular weight excluding hydrogens is 465 g/mol. The van der Waals surface area contributed by atoms with Gasteiger partial charge in [0.15, 0.2) is 11.6 Å². The quantitative estimate of drug-likeness (QED) is 0.389. The predicted octanol–water partition coefficient (Wildman–Crippen LogP) is 2.47. The summed E-state index contributed by atoms with van der Waals surface area (Å²) in [5.74, 6) is 1.60. The highest BCUT2D eigenvalue weighted by atomic mass is 35.5. The lowest BCUT2D eigenvalue weighted by atomic mass is 10.2. The number of nitrogens with zero attached hydrogens (tertiary/aromatic N) is 9. The predicted molar refractivity (Wildman–Crippen MR) is 131 cm³/mol. The number of ether oxygens (including phenoxy) is 1. The van der Waals surface area contributed by atoms with Gasteiger partial charge in [0.1, 0.15) is 19.0 Å². The summed E-state index contributed by atoms with van der Waals surface area (Å²) in [7, 11) is 1.66. The van der Waals surface area contributed by atoms with Crippen LogP contribution >= 0.6 is 24.8 Å². The Kier molecular flexibility index (Phi) is 8.43. The topological polar surface area (TPSA) is 90.0 Å². The van der Waals surface area contributed by atoms with Crippen molar-refractivity contribution < 1.29 is 4.74 Å². The maximum absolute atomic E-state index is 5.40. The van der Waals surface area contributed by atoms with E-state index in [1.807, 2.05) is 16.8 Å². The van der Waals surface area contributed by atoms with E-state index in [9.17, 15) is 0 Å². The second kappa shape index (κ2) is 11.3. The average Bonchev–Trinajstić information content (AvgIpc) is 3.50. The van der Waals surface area contributed by atoms with Crippen LogP contribution in [0.5, 0.6) is 5.75 Å². The number of para-hydroxylation sites is 1. The summed E-state index contributed by atoms with van der Waals surface area (Å²) in [5.41, 5.74) is 2.16. The molecule has 5 rings (SSSR count). The van der Waals surface area contributed by atoms with Crippen LogP contribution < -0.4 is 9.64 Å². The van der Waals surface area contributed by atoms with Gasteiger partial charge in [-0.2, -0.15) is 5.10 Å². The highest BCUT2D eigenvalue weighted by molar-refractivity contribution is 5.86. The molecule has 12 heteroatoms. The number of benzene rings is 1. The van der Waals surface area contributed by atoms with Gasteiger partial charge >= 0.3 is 0 Å². The van der Waals surface area contributed by atoms with Gasteiger partial charge in [-0.3, -0.25) is 14.1 Å². The van der Waals surface area contributed by atoms with E-state index in [-0.39, 0.29) is 24.8 Å². The summed E-state index contributed by atoms with van der Waals surface area (Å²) < 4.78 is 9.43. The number of piperazine rings is 1. The molecule has 0 N–H and O–H groups in total. The molecule has 33 heavy (non-hydrogen) atoms. The molecule has 4 heterocycles. The first-order valence-corrected chi connectivity index (χ1v) is 10.4. The van der Waals surface area contributed by atoms with Crippen LogP contribution in [-0.4, -0.2) is 79.2 Å². The summed E-state index contributed by atoms with van der Waals surface area (Å²) >= 11 is 0. The molecule has 1 fully saturated rings. The van der Waals surface area contributed by atoms with Crippen LogP contribution in [-0.2, 0) is 6.54 Å². The molecule has 1 saturated heterocycles. The van der Waals surface area contributed by atoms with E-state index in [0.29, 0.717) is 0 Å². The van der Waals surface area contributed by atoms with Crippen molar-refractivity contribution in [1.29, 1.82) is 0 Å². The maximum Gasteiger partial charge on any atom is 0.179 e. The minimum absolute atomic E-state index is 0. The SMILES string of the molecule is COc1cncnc1N1CCN(CCCn2ncc3cccc(-n4cnnc4)c32)CC1.Cl.Cl. The van der Waals surface area contributed by atoms with Crippen molar-refractivity contribution >= 4 is 41.5 Å². The first-order chi connectivity index (χ1) is 15.3. The van der Waals surface area contributed by atoms with Crippen molar-refractivity contribution in [3.63, 3.8) is 0 Å². The number of methoxy groups -OCH3 is 1. The van der Waals surface area contributed by atoms with Crippen molar-refractivity contribution in [3.8, 4) is 11.4 Å². The Balaban J connectivity index is 0.00000153. The fourth-order valence-electron chi connectivity index (χ4n) is 4.15. The van der Waals surface area contributed by atoms with E-state index in [1.165, 1.54) is 0 Å². The number of rotatable bonds is 7. The highest BCUT2D eigenvalue weighted by Crippen LogP contribution is 2.25. The minimum Gasteiger partial charge on any atom is -0.491 e. The Morgan fingerprint density at radius 1 is 0.970 bits per heavy atom. The van der Waals surface area contributed by atoms with E-state index < -0.39 is 0 Å². The fraction of sp³-hybridized carbons (Fsp3) is 0.381. The molecule has 0 aliphatic carbocycles. The van der Waals surface area contributed by atoms with E-state index in [0.717, 1.165) is 73.8 Å². The van der Waals surface area contributed by atoms with Gasteiger partial charge in [0.25, 0.3) is 0 Å². The number of hydrogen-bond donors (Lipinski definition) is 0. The third kappa shape index (κ3) is 5.18. The number of hydrogen-bond acceptors (Lipinski definition) is 8. The summed E-state index contributed by atoms with van der Waals surface area (Å²) in [4.78, 5) is 13.2. The van der Waals surface area contributed by atoms with Crippen molar-refractivity contribution in [2.24, 2.45) is 0 Å². The van der Waals surface area contributed by atoms with Crippen LogP contribution in [0, 0.1) is 0 Å². The number of aromatic nitrogens is 7. The summed E-state index contributed by atoms with van der Waals surface area (Å²) in [6.07, 6.45) is 9.70. The Labute approximate surface area is 204 Å². The van der Waals surface area contributed by atoms with Crippen molar-refractivity contribution in [3.05, 3.63) is 49.6 Å². The van der Waals surface area contributed by atoms with Gasteiger partial charge in [-0.25, -0.2) is 9.97 Å². The second-order valence-corrected chi connectivity index (χ2v) is 7.55. The number of halogens is 2. The van der Waals surface area contributed by atoms with Crippen LogP contribution in [0.25, 0.3) is 16.6 Å². The molecule has 176 valence electrons. The van der Waals surface area contributed by atoms with E-state index in [1.54, 1.807) is 32.3 Å². The lowest BCUT2D eigenvalue weighted by Crippen LogP contribution is -2.47. The Bertz CT molecular complexity index is 1140. The minimum atomic E-state index is 0. The molecule has 3 aromatic heterocycles. The number of anilines is 1. The molecule has 0 atom stereocenters. The fourth-order valence-corrected chi connectivity index (χ4v) is 4.15. The van der Waals surface area contributed by atoms with Crippen LogP contribution in [0.4, 0.5) is 5.82 Å². The molecule has 0 saturated carbocycles. The van der Waals surface area contributed by atoms with Crippen LogP contribution in [0.3, 0.4) is 0 Å². The van der Waals surface area contributed by atoms with E-state index in [2.05, 4.69) is 51.9 Å². The normalized spacial score (nSPS) is 14.0. The van der Waals surface area contributed by atoms with Gasteiger partial charge in [0.2, 0.25) is 0 Å². The van der Waals surface area contributed by atoms with Crippen LogP contribution in [0.2, 0.25) is 0 Å². The molecule has 0 amide bonds. The molecule has 1 aliphatic heterocycles. The molecular formula is C21H27Cl2N9O. The molecule has 1 aliphatic rings. The molecule has 0 spiro atoms. The third-order valence-corrected chi connectivity index (χ3v) is 5.73. The van der Waals surface area contributed by atoms with Crippen LogP contribution in [0.1, 0.15) is 6.42 Å². The lowest BCUT2D eigenvalue weighted by molar-refractivity contribution is 0.248. The summed E-state index contributed by atoms with van der Waals surface area (Å²) in [5, 5.41) is 13.6. The van der Waals surface area contributed by atoms with Crippen molar-refractivity contribution in [2.75, 3.05) is 44.7 Å². The van der Waals surface area contributed by atoms with E-state index in [4.69, 9.17) is 4.74 Å². The average molecular weight is 492 g/mol. The molecule has 0 bridgehead atoms. The van der Waals surface area contributed by atoms with Gasteiger partial charge in [-0.05, 0) is 12.5 Å². The standard InChI is InChI=1S/C21H25N9O.2ClH/c1-31-19-13-22-14-23-21(19)28-10-8-27(9-11-28)6-3-7-30-20-17(12-26-30)4-2-5-18(20)29-15-24-25-16-29;;/h2,4-5,12-16H,3,6-11H2,1H3;2*1H. The molecule has 1 aromatic carbocycles. The van der Waals surface area contributed by atoms with Gasteiger partial charge in [-0.15, -0.1) is 35.0 Å². The van der Waals surface area contributed by atoms with E-state index >= 15 is 0 Å². The first-order valence-electron chi connectivity index (χ1n) is 10.4. The van der Waals surface area contributed by atoms with Gasteiger partial charge in [0.05, 0.1) is 30.7 Å². The largest absolute Gasteiger partial charge is 0.491 e.